The van der Waals surface area contributed by atoms with E-state index in [0.29, 0.717) is 6.54 Å². The summed E-state index contributed by atoms with van der Waals surface area (Å²) >= 11 is 0. The fourth-order valence-corrected chi connectivity index (χ4v) is 1.09. The summed E-state index contributed by atoms with van der Waals surface area (Å²) in [5.41, 5.74) is 5.63. The smallest absolute Gasteiger partial charge is 0.0354 e. The quantitative estimate of drug-likeness (QED) is 0.372. The van der Waals surface area contributed by atoms with Crippen LogP contribution in [0.1, 0.15) is 20.8 Å². The number of hydrogen-bond donors (Lipinski definition) is 3. The number of likely N-dealkylation sites (N-methyl/N-ethyl adjacent to an activating group) is 1. The van der Waals surface area contributed by atoms with Crippen LogP contribution in [0.3, 0.4) is 0 Å². The molecule has 5 nitrogen and oxygen atoms in total. The Hall–Kier alpha value is -0.200. The van der Waals surface area contributed by atoms with Gasteiger partial charge in [-0.1, -0.05) is 6.92 Å². The molecular weight excluding hydrogens is 166 g/mol. The summed E-state index contributed by atoms with van der Waals surface area (Å²) in [5, 5.41) is 3.48. The van der Waals surface area contributed by atoms with Gasteiger partial charge in [0.2, 0.25) is 0 Å². The zero-order valence-electron chi connectivity index (χ0n) is 8.90. The van der Waals surface area contributed by atoms with E-state index in [9.17, 15) is 0 Å². The first-order valence-corrected chi connectivity index (χ1v) is 4.73. The molecule has 0 aromatic carbocycles. The number of hydrazine groups is 2. The van der Waals surface area contributed by atoms with Gasteiger partial charge in [-0.05, 0) is 13.8 Å². The van der Waals surface area contributed by atoms with Crippen LogP contribution in [0.5, 0.6) is 0 Å². The second kappa shape index (κ2) is 6.28. The zero-order valence-corrected chi connectivity index (χ0v) is 8.90. The molecule has 0 aromatic heterocycles. The maximum atomic E-state index is 5.79. The number of rotatable bonds is 6. The van der Waals surface area contributed by atoms with Gasteiger partial charge in [0, 0.05) is 31.7 Å². The molecule has 13 heavy (non-hydrogen) atoms. The van der Waals surface area contributed by atoms with Crippen molar-refractivity contribution in [3.8, 4) is 0 Å². The highest BCUT2D eigenvalue weighted by Gasteiger charge is 2.12. The molecule has 2 atom stereocenters. The Balaban J connectivity index is 3.74. The van der Waals surface area contributed by atoms with Crippen molar-refractivity contribution in [3.05, 3.63) is 0 Å². The minimum atomic E-state index is 0.0975. The summed E-state index contributed by atoms with van der Waals surface area (Å²) in [6.07, 6.45) is 0. The Morgan fingerprint density at radius 3 is 2.08 bits per heavy atom. The number of hydrogen-bond acceptors (Lipinski definition) is 5. The van der Waals surface area contributed by atoms with Gasteiger partial charge < -0.3 is 5.73 Å². The van der Waals surface area contributed by atoms with E-state index >= 15 is 0 Å². The van der Waals surface area contributed by atoms with Gasteiger partial charge in [-0.25, -0.2) is 10.0 Å². The highest BCUT2D eigenvalue weighted by atomic mass is 15.5. The molecule has 0 amide bonds. The van der Waals surface area contributed by atoms with E-state index in [4.69, 9.17) is 17.4 Å². The molecule has 0 aliphatic carbocycles. The molecule has 0 bridgehead atoms. The molecule has 0 radical (unpaired) electrons. The maximum absolute atomic E-state index is 5.79. The third-order valence-corrected chi connectivity index (χ3v) is 1.97. The van der Waals surface area contributed by atoms with Crippen molar-refractivity contribution < 1.29 is 0 Å². The second-order valence-corrected chi connectivity index (χ2v) is 3.61. The van der Waals surface area contributed by atoms with Crippen LogP contribution in [-0.2, 0) is 0 Å². The van der Waals surface area contributed by atoms with Gasteiger partial charge in [-0.3, -0.25) is 11.7 Å². The van der Waals surface area contributed by atoms with Crippen LogP contribution in [0.15, 0.2) is 0 Å². The molecule has 0 spiro atoms. The van der Waals surface area contributed by atoms with Crippen molar-refractivity contribution >= 4 is 0 Å². The lowest BCUT2D eigenvalue weighted by atomic mass is 10.2. The monoisotopic (exact) mass is 189 g/mol. The van der Waals surface area contributed by atoms with Crippen LogP contribution in [0.2, 0.25) is 0 Å². The molecule has 0 heterocycles. The molecule has 0 saturated carbocycles. The number of nitrogens with zero attached hydrogens (tertiary/aromatic N) is 2. The van der Waals surface area contributed by atoms with E-state index < -0.39 is 0 Å². The van der Waals surface area contributed by atoms with Gasteiger partial charge in [0.1, 0.15) is 0 Å². The zero-order chi connectivity index (χ0) is 10.4. The molecule has 0 saturated heterocycles. The van der Waals surface area contributed by atoms with Crippen LogP contribution < -0.4 is 17.4 Å². The van der Waals surface area contributed by atoms with E-state index in [2.05, 4.69) is 0 Å². The first-order valence-electron chi connectivity index (χ1n) is 4.73. The summed E-state index contributed by atoms with van der Waals surface area (Å²) in [7, 11) is 0. The van der Waals surface area contributed by atoms with Crippen LogP contribution in [0.4, 0.5) is 0 Å². The number of nitrogens with two attached hydrogens (primary N) is 3. The first-order chi connectivity index (χ1) is 5.97. The molecule has 0 aromatic rings. The standard InChI is InChI=1S/C8H23N5/c1-4-12(10)6-8(3)13(11)5-7(2)9/h7-8H,4-6,9-11H2,1-3H3. The highest BCUT2D eigenvalue weighted by Crippen LogP contribution is 1.95. The molecule has 5 heteroatoms. The molecule has 0 aliphatic rings. The Bertz CT molecular complexity index is 128. The lowest BCUT2D eigenvalue weighted by Crippen LogP contribution is -2.51. The predicted molar refractivity (Wildman–Crippen MR) is 55.4 cm³/mol. The largest absolute Gasteiger partial charge is 0.327 e. The third-order valence-electron chi connectivity index (χ3n) is 1.97. The summed E-state index contributed by atoms with van der Waals surface area (Å²) < 4.78 is 0. The molecule has 2 unspecified atom stereocenters. The first kappa shape index (κ1) is 12.8. The van der Waals surface area contributed by atoms with Gasteiger partial charge in [-0.15, -0.1) is 0 Å². The Morgan fingerprint density at radius 2 is 1.69 bits per heavy atom. The van der Waals surface area contributed by atoms with E-state index in [1.807, 2.05) is 20.8 Å². The van der Waals surface area contributed by atoms with Crippen LogP contribution in [0, 0.1) is 0 Å². The Kier molecular flexibility index (Phi) is 6.19. The Labute approximate surface area is 80.8 Å². The second-order valence-electron chi connectivity index (χ2n) is 3.61. The molecule has 80 valence electrons. The normalized spacial score (nSPS) is 16.6. The van der Waals surface area contributed by atoms with Crippen molar-refractivity contribution in [1.82, 2.24) is 10.0 Å². The van der Waals surface area contributed by atoms with Crippen molar-refractivity contribution in [2.45, 2.75) is 32.9 Å². The lowest BCUT2D eigenvalue weighted by molar-refractivity contribution is 0.148. The maximum Gasteiger partial charge on any atom is 0.0354 e. The van der Waals surface area contributed by atoms with Gasteiger partial charge in [0.05, 0.1) is 0 Å². The topological polar surface area (TPSA) is 84.5 Å². The summed E-state index contributed by atoms with van der Waals surface area (Å²) in [6, 6.07) is 0.330. The molecular formula is C8H23N5. The average molecular weight is 189 g/mol. The van der Waals surface area contributed by atoms with Crippen LogP contribution in [0.25, 0.3) is 0 Å². The van der Waals surface area contributed by atoms with Gasteiger partial charge in [-0.2, -0.15) is 0 Å². The summed E-state index contributed by atoms with van der Waals surface area (Å²) in [4.78, 5) is 0. The third kappa shape index (κ3) is 5.95. The van der Waals surface area contributed by atoms with Crippen LogP contribution in [-0.4, -0.2) is 41.7 Å². The van der Waals surface area contributed by atoms with E-state index in [1.165, 1.54) is 0 Å². The lowest BCUT2D eigenvalue weighted by Gasteiger charge is -2.28. The van der Waals surface area contributed by atoms with E-state index in [0.717, 1.165) is 13.1 Å². The van der Waals surface area contributed by atoms with Gasteiger partial charge in [0.25, 0.3) is 0 Å². The van der Waals surface area contributed by atoms with E-state index in [1.54, 1.807) is 10.0 Å². The molecule has 0 fully saturated rings. The van der Waals surface area contributed by atoms with Crippen molar-refractivity contribution in [2.24, 2.45) is 17.4 Å². The Morgan fingerprint density at radius 1 is 1.15 bits per heavy atom. The average Bonchev–Trinajstić information content (AvgIpc) is 2.02. The summed E-state index contributed by atoms with van der Waals surface area (Å²) in [6.45, 7) is 8.28. The molecule has 6 N–H and O–H groups in total. The predicted octanol–water partition coefficient (Wildman–Crippen LogP) is -0.907. The minimum Gasteiger partial charge on any atom is -0.327 e. The van der Waals surface area contributed by atoms with Gasteiger partial charge in [0.15, 0.2) is 0 Å². The molecule has 0 rings (SSSR count). The van der Waals surface area contributed by atoms with Crippen molar-refractivity contribution in [3.63, 3.8) is 0 Å². The molecule has 0 aliphatic heterocycles. The summed E-state index contributed by atoms with van der Waals surface area (Å²) in [5.74, 6) is 11.5. The van der Waals surface area contributed by atoms with E-state index in [-0.39, 0.29) is 12.1 Å². The van der Waals surface area contributed by atoms with Crippen LogP contribution >= 0.6 is 0 Å². The SMILES string of the molecule is CCN(N)CC(C)N(N)CC(C)N. The minimum absolute atomic E-state index is 0.0975. The fraction of sp³-hybridized carbons (Fsp3) is 1.00. The highest BCUT2D eigenvalue weighted by molar-refractivity contribution is 4.67. The van der Waals surface area contributed by atoms with Gasteiger partial charge >= 0.3 is 0 Å². The fourth-order valence-electron chi connectivity index (χ4n) is 1.09. The van der Waals surface area contributed by atoms with Crippen molar-refractivity contribution in [2.75, 3.05) is 19.6 Å². The van der Waals surface area contributed by atoms with Crippen molar-refractivity contribution in [1.29, 1.82) is 0 Å².